The summed E-state index contributed by atoms with van der Waals surface area (Å²) < 4.78 is 2.54. The molecule has 0 aliphatic carbocycles. The van der Waals surface area contributed by atoms with Gasteiger partial charge in [-0.05, 0) is 26.2 Å². The number of aromatic nitrogens is 2. The molecule has 1 rings (SSSR count). The molecule has 0 spiro atoms. The van der Waals surface area contributed by atoms with E-state index in [4.69, 9.17) is 0 Å². The minimum atomic E-state index is 0.620. The Kier molecular flexibility index (Phi) is 22.7. The van der Waals surface area contributed by atoms with Crippen LogP contribution in [0.4, 0.5) is 0 Å². The lowest BCUT2D eigenvalue weighted by Crippen LogP contribution is -2.40. The van der Waals surface area contributed by atoms with E-state index in [9.17, 15) is 0 Å². The fraction of sp³-hybridized carbons (Fsp3) is 0.912. The fourth-order valence-corrected chi connectivity index (χ4v) is 5.81. The molecular formula is C34H67N2+. The van der Waals surface area contributed by atoms with Gasteiger partial charge in [-0.15, -0.1) is 0 Å². The number of hydrogen-bond acceptors (Lipinski definition) is 0. The number of hydrogen-bond donors (Lipinski definition) is 1. The summed E-state index contributed by atoms with van der Waals surface area (Å²) in [7, 11) is 0. The highest BCUT2D eigenvalue weighted by Gasteiger charge is 2.22. The monoisotopic (exact) mass is 504 g/mol. The Hall–Kier alpha value is -0.790. The van der Waals surface area contributed by atoms with Crippen molar-refractivity contribution in [3.05, 3.63) is 18.2 Å². The molecule has 2 atom stereocenters. The normalized spacial score (nSPS) is 13.3. The highest BCUT2D eigenvalue weighted by atomic mass is 15.1. The van der Waals surface area contributed by atoms with Crippen LogP contribution in [-0.4, -0.2) is 4.98 Å². The van der Waals surface area contributed by atoms with Crippen LogP contribution < -0.4 is 4.57 Å². The molecule has 0 aliphatic rings. The van der Waals surface area contributed by atoms with Crippen LogP contribution in [0.15, 0.2) is 12.4 Å². The van der Waals surface area contributed by atoms with Gasteiger partial charge in [-0.1, -0.05) is 162 Å². The van der Waals surface area contributed by atoms with Crippen molar-refractivity contribution >= 4 is 0 Å². The number of H-pyrrole nitrogens is 1. The third-order valence-electron chi connectivity index (χ3n) is 8.40. The van der Waals surface area contributed by atoms with Crippen LogP contribution in [-0.2, 0) is 0 Å². The van der Waals surface area contributed by atoms with Crippen molar-refractivity contribution in [3.63, 3.8) is 0 Å². The second-order valence-corrected chi connectivity index (χ2v) is 12.0. The number of nitrogens with zero attached hydrogens (tertiary/aromatic N) is 1. The Morgan fingerprint density at radius 2 is 0.889 bits per heavy atom. The highest BCUT2D eigenvalue weighted by molar-refractivity contribution is 4.87. The van der Waals surface area contributed by atoms with E-state index < -0.39 is 0 Å². The van der Waals surface area contributed by atoms with Crippen molar-refractivity contribution in [2.75, 3.05) is 0 Å². The fourth-order valence-electron chi connectivity index (χ4n) is 5.81. The molecular weight excluding hydrogens is 436 g/mol. The zero-order valence-electron chi connectivity index (χ0n) is 25.4. The first-order chi connectivity index (χ1) is 17.7. The van der Waals surface area contributed by atoms with Gasteiger partial charge in [0.1, 0.15) is 12.4 Å². The van der Waals surface area contributed by atoms with E-state index in [1.165, 1.54) is 166 Å². The Morgan fingerprint density at radius 1 is 0.528 bits per heavy atom. The smallest absolute Gasteiger partial charge is 0.247 e. The van der Waals surface area contributed by atoms with E-state index in [1.807, 2.05) is 0 Å². The summed E-state index contributed by atoms with van der Waals surface area (Å²) in [5.41, 5.74) is 0. The van der Waals surface area contributed by atoms with Crippen LogP contribution in [0.2, 0.25) is 0 Å². The number of aromatic amines is 1. The Balaban J connectivity index is 2.01. The van der Waals surface area contributed by atoms with Gasteiger partial charge in [-0.2, -0.15) is 0 Å². The molecule has 2 unspecified atom stereocenters. The quantitative estimate of drug-likeness (QED) is 0.0909. The van der Waals surface area contributed by atoms with E-state index in [1.54, 1.807) is 0 Å². The average Bonchev–Trinajstić information content (AvgIpc) is 3.38. The number of unbranched alkanes of at least 4 members (excludes halogenated alkanes) is 21. The van der Waals surface area contributed by atoms with Crippen LogP contribution in [0, 0.1) is 0 Å². The lowest BCUT2D eigenvalue weighted by atomic mass is 10.00. The van der Waals surface area contributed by atoms with Gasteiger partial charge in [0.25, 0.3) is 5.82 Å². The van der Waals surface area contributed by atoms with E-state index in [-0.39, 0.29) is 0 Å². The zero-order chi connectivity index (χ0) is 26.1. The summed E-state index contributed by atoms with van der Waals surface area (Å²) in [5, 5.41) is 0. The predicted molar refractivity (Wildman–Crippen MR) is 161 cm³/mol. The molecule has 1 aromatic rings. The molecule has 0 amide bonds. The summed E-state index contributed by atoms with van der Waals surface area (Å²) in [6.45, 7) is 9.45. The van der Waals surface area contributed by atoms with Gasteiger partial charge in [0.2, 0.25) is 0 Å². The Morgan fingerprint density at radius 3 is 1.31 bits per heavy atom. The number of nitrogens with one attached hydrogen (secondary N) is 1. The standard InChI is InChI=1S/C34H66N2/c1-5-7-9-11-13-15-16-17-18-19-20-21-23-25-27-29-33(4)36-31-30-35-34(36)32(3)28-26-24-22-14-12-10-8-6-2/h30-33H,5-29H2,1-4H3/p+1. The number of imidazole rings is 1. The molecule has 0 aliphatic heterocycles. The predicted octanol–water partition coefficient (Wildman–Crippen LogP) is 11.8. The van der Waals surface area contributed by atoms with Gasteiger partial charge in [-0.25, -0.2) is 9.55 Å². The molecule has 1 heterocycles. The summed E-state index contributed by atoms with van der Waals surface area (Å²) in [4.78, 5) is 3.58. The molecule has 1 N–H and O–H groups in total. The maximum absolute atomic E-state index is 3.58. The van der Waals surface area contributed by atoms with Crippen molar-refractivity contribution in [1.82, 2.24) is 4.98 Å². The van der Waals surface area contributed by atoms with Gasteiger partial charge in [-0.3, -0.25) is 0 Å². The topological polar surface area (TPSA) is 19.7 Å². The molecule has 36 heavy (non-hydrogen) atoms. The van der Waals surface area contributed by atoms with E-state index in [0.717, 1.165) is 0 Å². The van der Waals surface area contributed by atoms with Crippen LogP contribution >= 0.6 is 0 Å². The summed E-state index contributed by atoms with van der Waals surface area (Å²) >= 11 is 0. The second-order valence-electron chi connectivity index (χ2n) is 12.0. The first kappa shape index (κ1) is 33.2. The lowest BCUT2D eigenvalue weighted by molar-refractivity contribution is -0.727. The SMILES string of the molecule is CCCCCCCCCCCCCCCCCC(C)[n+]1cc[nH]c1C(C)CCCCCCCCCC. The van der Waals surface area contributed by atoms with Crippen LogP contribution in [0.3, 0.4) is 0 Å². The Labute approximate surface area is 227 Å². The maximum atomic E-state index is 3.58. The number of rotatable bonds is 27. The van der Waals surface area contributed by atoms with Gasteiger partial charge in [0.05, 0.1) is 12.0 Å². The van der Waals surface area contributed by atoms with Crippen LogP contribution in [0.1, 0.15) is 206 Å². The second kappa shape index (κ2) is 24.5. The van der Waals surface area contributed by atoms with Crippen LogP contribution in [0.5, 0.6) is 0 Å². The molecule has 0 radical (unpaired) electrons. The van der Waals surface area contributed by atoms with Gasteiger partial charge >= 0.3 is 0 Å². The summed E-state index contributed by atoms with van der Waals surface area (Å²) in [5.74, 6) is 2.09. The van der Waals surface area contributed by atoms with Crippen molar-refractivity contribution in [3.8, 4) is 0 Å². The van der Waals surface area contributed by atoms with Crippen molar-refractivity contribution < 1.29 is 4.57 Å². The maximum Gasteiger partial charge on any atom is 0.257 e. The van der Waals surface area contributed by atoms with Crippen molar-refractivity contribution in [1.29, 1.82) is 0 Å². The van der Waals surface area contributed by atoms with E-state index in [0.29, 0.717) is 12.0 Å². The van der Waals surface area contributed by atoms with E-state index >= 15 is 0 Å². The van der Waals surface area contributed by atoms with Gasteiger partial charge in [0, 0.05) is 0 Å². The molecule has 0 saturated heterocycles. The van der Waals surface area contributed by atoms with Gasteiger partial charge < -0.3 is 0 Å². The Bertz CT molecular complexity index is 563. The lowest BCUT2D eigenvalue weighted by Gasteiger charge is -2.14. The first-order valence-corrected chi connectivity index (χ1v) is 16.8. The van der Waals surface area contributed by atoms with Crippen molar-refractivity contribution in [2.24, 2.45) is 0 Å². The minimum absolute atomic E-state index is 0.620. The first-order valence-electron chi connectivity index (χ1n) is 16.8. The van der Waals surface area contributed by atoms with Crippen LogP contribution in [0.25, 0.3) is 0 Å². The molecule has 0 bridgehead atoms. The molecule has 0 fully saturated rings. The van der Waals surface area contributed by atoms with Crippen molar-refractivity contribution in [2.45, 2.75) is 200 Å². The van der Waals surface area contributed by atoms with E-state index in [2.05, 4.69) is 49.6 Å². The molecule has 212 valence electrons. The molecule has 1 aromatic heterocycles. The molecule has 2 nitrogen and oxygen atoms in total. The zero-order valence-corrected chi connectivity index (χ0v) is 25.4. The summed E-state index contributed by atoms with van der Waals surface area (Å²) in [6, 6.07) is 0.620. The molecule has 2 heteroatoms. The van der Waals surface area contributed by atoms with Gasteiger partial charge in [0.15, 0.2) is 0 Å². The average molecular weight is 504 g/mol. The third-order valence-corrected chi connectivity index (χ3v) is 8.40. The minimum Gasteiger partial charge on any atom is -0.247 e. The largest absolute Gasteiger partial charge is 0.257 e. The molecule has 0 saturated carbocycles. The highest BCUT2D eigenvalue weighted by Crippen LogP contribution is 2.21. The third kappa shape index (κ3) is 17.6. The summed E-state index contributed by atoms with van der Waals surface area (Å²) in [6.07, 6.45) is 40.1. The molecule has 0 aromatic carbocycles.